The van der Waals surface area contributed by atoms with Crippen molar-refractivity contribution in [3.05, 3.63) is 0 Å². The molecule has 0 aliphatic carbocycles. The average molecular weight is 422 g/mol. The molecule has 4 atom stereocenters. The van der Waals surface area contributed by atoms with Crippen molar-refractivity contribution < 1.29 is 39.3 Å². The molecule has 28 heavy (non-hydrogen) atoms. The zero-order valence-corrected chi connectivity index (χ0v) is 16.3. The lowest BCUT2D eigenvalue weighted by molar-refractivity contribution is -0.144. The summed E-state index contributed by atoms with van der Waals surface area (Å²) in [5.74, 6) is -6.06. The SMILES string of the molecule is CC(C)C(NC(=O)C(CC(=O)O)NC(=O)C(N)CS)C(=O)NC(CO)C(=O)O. The molecule has 0 aliphatic rings. The lowest BCUT2D eigenvalue weighted by atomic mass is 10.0. The number of nitrogens with one attached hydrogen (secondary N) is 3. The van der Waals surface area contributed by atoms with Crippen LogP contribution < -0.4 is 21.7 Å². The number of amides is 3. The molecule has 0 spiro atoms. The molecule has 12 nitrogen and oxygen atoms in total. The summed E-state index contributed by atoms with van der Waals surface area (Å²) in [7, 11) is 0. The van der Waals surface area contributed by atoms with Gasteiger partial charge in [-0.25, -0.2) is 4.79 Å². The number of thiol groups is 1. The Hall–Kier alpha value is -2.38. The molecular formula is C15H26N4O8S. The second kappa shape index (κ2) is 12.2. The minimum atomic E-state index is -1.58. The van der Waals surface area contributed by atoms with Crippen molar-refractivity contribution in [3.63, 3.8) is 0 Å². The van der Waals surface area contributed by atoms with E-state index in [2.05, 4.69) is 28.6 Å². The van der Waals surface area contributed by atoms with E-state index in [1.807, 2.05) is 0 Å². The highest BCUT2D eigenvalue weighted by Gasteiger charge is 2.32. The Kier molecular flexibility index (Phi) is 11.1. The lowest BCUT2D eigenvalue weighted by Crippen LogP contribution is -2.59. The molecule has 0 aromatic carbocycles. The third kappa shape index (κ3) is 8.54. The predicted octanol–water partition coefficient (Wildman–Crippen LogP) is -3.09. The number of carbonyl (C=O) groups is 5. The van der Waals surface area contributed by atoms with E-state index in [-0.39, 0.29) is 5.75 Å². The zero-order chi connectivity index (χ0) is 22.0. The summed E-state index contributed by atoms with van der Waals surface area (Å²) >= 11 is 3.84. The summed E-state index contributed by atoms with van der Waals surface area (Å²) in [6.45, 7) is 2.25. The van der Waals surface area contributed by atoms with Gasteiger partial charge in [-0.15, -0.1) is 0 Å². The number of hydrogen-bond donors (Lipinski definition) is 8. The molecule has 3 amide bonds. The molecule has 0 rings (SSSR count). The number of nitrogens with two attached hydrogens (primary N) is 1. The van der Waals surface area contributed by atoms with Crippen LogP contribution in [-0.4, -0.2) is 81.5 Å². The highest BCUT2D eigenvalue weighted by Crippen LogP contribution is 2.05. The summed E-state index contributed by atoms with van der Waals surface area (Å²) in [6, 6.07) is -5.41. The van der Waals surface area contributed by atoms with E-state index in [4.69, 9.17) is 21.1 Å². The number of carbonyl (C=O) groups excluding carboxylic acids is 3. The van der Waals surface area contributed by atoms with Crippen molar-refractivity contribution in [1.29, 1.82) is 0 Å². The van der Waals surface area contributed by atoms with Gasteiger partial charge in [0.1, 0.15) is 18.1 Å². The number of carboxylic acids is 2. The van der Waals surface area contributed by atoms with Crippen molar-refractivity contribution in [2.75, 3.05) is 12.4 Å². The van der Waals surface area contributed by atoms with Crippen molar-refractivity contribution >= 4 is 42.3 Å². The fraction of sp³-hybridized carbons (Fsp3) is 0.667. The smallest absolute Gasteiger partial charge is 0.328 e. The van der Waals surface area contributed by atoms with Crippen molar-refractivity contribution in [3.8, 4) is 0 Å². The minimum Gasteiger partial charge on any atom is -0.481 e. The van der Waals surface area contributed by atoms with Crippen LogP contribution in [0.5, 0.6) is 0 Å². The van der Waals surface area contributed by atoms with Crippen LogP contribution in [0.1, 0.15) is 20.3 Å². The van der Waals surface area contributed by atoms with Crippen LogP contribution in [0.25, 0.3) is 0 Å². The number of aliphatic carboxylic acids is 2. The first kappa shape index (κ1) is 25.6. The van der Waals surface area contributed by atoms with Gasteiger partial charge in [0, 0.05) is 5.75 Å². The molecule has 13 heteroatoms. The number of rotatable bonds is 12. The van der Waals surface area contributed by atoms with E-state index in [1.165, 1.54) is 0 Å². The van der Waals surface area contributed by atoms with Gasteiger partial charge < -0.3 is 37.0 Å². The molecule has 0 saturated heterocycles. The normalized spacial score (nSPS) is 15.1. The standard InChI is InChI=1S/C15H26N4O8S/c1-6(2)11(14(25)18-9(4-20)15(26)27)19-13(24)8(3-10(21)22)17-12(23)7(16)5-28/h6-9,11,20,28H,3-5,16H2,1-2H3,(H,17,23)(H,18,25)(H,19,24)(H,21,22)(H,26,27). The van der Waals surface area contributed by atoms with Gasteiger partial charge in [-0.2, -0.15) is 12.6 Å². The highest BCUT2D eigenvalue weighted by atomic mass is 32.1. The summed E-state index contributed by atoms with van der Waals surface area (Å²) in [4.78, 5) is 58.5. The molecule has 0 aromatic heterocycles. The van der Waals surface area contributed by atoms with Gasteiger partial charge in [0.05, 0.1) is 19.1 Å². The maximum Gasteiger partial charge on any atom is 0.328 e. The zero-order valence-electron chi connectivity index (χ0n) is 15.4. The number of aliphatic hydroxyl groups is 1. The largest absolute Gasteiger partial charge is 0.481 e. The maximum atomic E-state index is 12.4. The monoisotopic (exact) mass is 422 g/mol. The van der Waals surface area contributed by atoms with E-state index in [0.717, 1.165) is 0 Å². The van der Waals surface area contributed by atoms with Gasteiger partial charge in [-0.05, 0) is 5.92 Å². The Morgan fingerprint density at radius 1 is 0.929 bits per heavy atom. The first-order chi connectivity index (χ1) is 12.9. The van der Waals surface area contributed by atoms with E-state index in [1.54, 1.807) is 13.8 Å². The van der Waals surface area contributed by atoms with Gasteiger partial charge in [0.15, 0.2) is 0 Å². The molecule has 0 heterocycles. The Morgan fingerprint density at radius 3 is 1.86 bits per heavy atom. The molecule has 0 saturated carbocycles. The van der Waals surface area contributed by atoms with E-state index < -0.39 is 72.8 Å². The molecular weight excluding hydrogens is 396 g/mol. The van der Waals surface area contributed by atoms with E-state index >= 15 is 0 Å². The van der Waals surface area contributed by atoms with Crippen LogP contribution in [0.2, 0.25) is 0 Å². The number of aliphatic hydroxyl groups excluding tert-OH is 1. The van der Waals surface area contributed by atoms with Gasteiger partial charge in [0.2, 0.25) is 17.7 Å². The van der Waals surface area contributed by atoms with Crippen molar-refractivity contribution in [1.82, 2.24) is 16.0 Å². The third-order valence-electron chi connectivity index (χ3n) is 3.59. The lowest BCUT2D eigenvalue weighted by Gasteiger charge is -2.26. The molecule has 0 radical (unpaired) electrons. The van der Waals surface area contributed by atoms with Crippen LogP contribution in [0.3, 0.4) is 0 Å². The highest BCUT2D eigenvalue weighted by molar-refractivity contribution is 7.80. The molecule has 8 N–H and O–H groups in total. The van der Waals surface area contributed by atoms with Crippen LogP contribution in [0.4, 0.5) is 0 Å². The summed E-state index contributed by atoms with van der Waals surface area (Å²) in [5.41, 5.74) is 5.48. The van der Waals surface area contributed by atoms with Crippen LogP contribution in [0.15, 0.2) is 0 Å². The minimum absolute atomic E-state index is 0.0397. The molecule has 0 aliphatic heterocycles. The second-order valence-electron chi connectivity index (χ2n) is 6.26. The van der Waals surface area contributed by atoms with Gasteiger partial charge in [0.25, 0.3) is 0 Å². The molecule has 4 unspecified atom stereocenters. The van der Waals surface area contributed by atoms with Crippen LogP contribution in [-0.2, 0) is 24.0 Å². The van der Waals surface area contributed by atoms with E-state index in [9.17, 15) is 24.0 Å². The second-order valence-corrected chi connectivity index (χ2v) is 6.63. The van der Waals surface area contributed by atoms with Gasteiger partial charge >= 0.3 is 11.9 Å². The van der Waals surface area contributed by atoms with Crippen LogP contribution >= 0.6 is 12.6 Å². The maximum absolute atomic E-state index is 12.4. The van der Waals surface area contributed by atoms with Crippen molar-refractivity contribution in [2.24, 2.45) is 11.7 Å². The first-order valence-corrected chi connectivity index (χ1v) is 8.90. The number of carboxylic acid groups (broad SMARTS) is 2. The van der Waals surface area contributed by atoms with Crippen molar-refractivity contribution in [2.45, 2.75) is 44.4 Å². The molecule has 0 bridgehead atoms. The summed E-state index contributed by atoms with van der Waals surface area (Å²) in [5, 5.41) is 33.4. The quantitative estimate of drug-likeness (QED) is 0.150. The fourth-order valence-electron chi connectivity index (χ4n) is 1.98. The van der Waals surface area contributed by atoms with Crippen LogP contribution in [0, 0.1) is 5.92 Å². The Labute approximate surface area is 166 Å². The molecule has 0 aromatic rings. The Balaban J connectivity index is 5.32. The summed E-state index contributed by atoms with van der Waals surface area (Å²) in [6.07, 6.45) is -0.766. The van der Waals surface area contributed by atoms with Gasteiger partial charge in [-0.3, -0.25) is 19.2 Å². The van der Waals surface area contributed by atoms with Gasteiger partial charge in [-0.1, -0.05) is 13.8 Å². The van der Waals surface area contributed by atoms with E-state index in [0.29, 0.717) is 0 Å². The predicted molar refractivity (Wildman–Crippen MR) is 99.4 cm³/mol. The Bertz CT molecular complexity index is 601. The topological polar surface area (TPSA) is 208 Å². The third-order valence-corrected chi connectivity index (χ3v) is 3.98. The summed E-state index contributed by atoms with van der Waals surface area (Å²) < 4.78 is 0. The number of hydrogen-bond acceptors (Lipinski definition) is 8. The first-order valence-electron chi connectivity index (χ1n) is 8.27. The molecule has 160 valence electrons. The fourth-order valence-corrected chi connectivity index (χ4v) is 2.15. The molecule has 0 fully saturated rings. The average Bonchev–Trinajstić information content (AvgIpc) is 2.61. The Morgan fingerprint density at radius 2 is 1.46 bits per heavy atom.